The largest absolute Gasteiger partial charge is 0.473 e. The Morgan fingerprint density at radius 3 is 2.63 bits per heavy atom. The van der Waals surface area contributed by atoms with Crippen LogP contribution in [0, 0.1) is 11.7 Å². The topological polar surface area (TPSA) is 105 Å². The molecule has 2 aromatic carbocycles. The van der Waals surface area contributed by atoms with Gasteiger partial charge in [-0.1, -0.05) is 32.1 Å². The Balaban J connectivity index is 0.000000795. The van der Waals surface area contributed by atoms with Gasteiger partial charge in [0.15, 0.2) is 0 Å². The number of nitrogens with zero attached hydrogens (tertiary/aromatic N) is 3. The van der Waals surface area contributed by atoms with Gasteiger partial charge in [0, 0.05) is 50.7 Å². The predicted octanol–water partition coefficient (Wildman–Crippen LogP) is 4.40. The van der Waals surface area contributed by atoms with E-state index < -0.39 is 11.7 Å². The van der Waals surface area contributed by atoms with Crippen LogP contribution in [-0.2, 0) is 0 Å². The highest BCUT2D eigenvalue weighted by Gasteiger charge is 2.22. The van der Waals surface area contributed by atoms with E-state index in [0.29, 0.717) is 21.8 Å². The van der Waals surface area contributed by atoms with Crippen molar-refractivity contribution in [2.45, 2.75) is 20.8 Å². The number of carbonyl (C=O) groups excluding carboxylic acids is 1. The second-order valence-corrected chi connectivity index (χ2v) is 9.73. The molecule has 1 amide bonds. The number of nitrogen functional groups attached to an aromatic ring is 1. The summed E-state index contributed by atoms with van der Waals surface area (Å²) in [5.74, 6) is -0.185. The number of amides is 1. The fourth-order valence-corrected chi connectivity index (χ4v) is 4.50. The van der Waals surface area contributed by atoms with Crippen molar-refractivity contribution in [3.63, 3.8) is 0 Å². The Morgan fingerprint density at radius 2 is 2.00 bits per heavy atom. The van der Waals surface area contributed by atoms with Crippen LogP contribution in [0.4, 0.5) is 21.5 Å². The minimum absolute atomic E-state index is 0.0180. The van der Waals surface area contributed by atoms with Gasteiger partial charge in [0.05, 0.1) is 28.7 Å². The van der Waals surface area contributed by atoms with Gasteiger partial charge in [0.2, 0.25) is 0 Å². The highest BCUT2D eigenvalue weighted by atomic mass is 32.1. The zero-order valence-corrected chi connectivity index (χ0v) is 21.6. The zero-order valence-electron chi connectivity index (χ0n) is 20.8. The third-order valence-corrected chi connectivity index (χ3v) is 6.11. The van der Waals surface area contributed by atoms with Gasteiger partial charge < -0.3 is 26.0 Å². The van der Waals surface area contributed by atoms with Crippen LogP contribution in [0.1, 0.15) is 36.7 Å². The van der Waals surface area contributed by atoms with E-state index in [4.69, 9.17) is 10.5 Å². The number of halogens is 1. The van der Waals surface area contributed by atoms with E-state index in [1.165, 1.54) is 23.6 Å². The second-order valence-electron chi connectivity index (χ2n) is 8.77. The molecule has 10 heteroatoms. The molecule has 4 N–H and O–H groups in total. The Bertz CT molecular complexity index is 1200. The second kappa shape index (κ2) is 11.9. The van der Waals surface area contributed by atoms with E-state index in [1.807, 2.05) is 6.07 Å². The maximum Gasteiger partial charge on any atom is 0.274 e. The first-order valence-corrected chi connectivity index (χ1v) is 12.3. The lowest BCUT2D eigenvalue weighted by atomic mass is 10.1. The van der Waals surface area contributed by atoms with Crippen LogP contribution in [0.25, 0.3) is 10.2 Å². The Labute approximate surface area is 209 Å². The van der Waals surface area contributed by atoms with Crippen LogP contribution in [0.2, 0.25) is 0 Å². The first-order valence-electron chi connectivity index (χ1n) is 11.5. The van der Waals surface area contributed by atoms with Crippen molar-refractivity contribution in [2.24, 2.45) is 10.9 Å². The maximum absolute atomic E-state index is 14.2. The van der Waals surface area contributed by atoms with Gasteiger partial charge in [-0.05, 0) is 30.2 Å². The summed E-state index contributed by atoms with van der Waals surface area (Å²) >= 11 is 1.40. The molecule has 2 heterocycles. The Hall–Kier alpha value is -3.24. The van der Waals surface area contributed by atoms with Gasteiger partial charge in [-0.25, -0.2) is 9.37 Å². The van der Waals surface area contributed by atoms with Crippen LogP contribution >= 0.6 is 11.3 Å². The minimum atomic E-state index is -0.623. The van der Waals surface area contributed by atoms with Crippen LogP contribution < -0.4 is 26.0 Å². The van der Waals surface area contributed by atoms with Crippen molar-refractivity contribution in [3.8, 4) is 5.19 Å². The number of aliphatic imine (C=N–C) groups is 1. The van der Waals surface area contributed by atoms with E-state index >= 15 is 0 Å². The number of rotatable bonds is 5. The van der Waals surface area contributed by atoms with Crippen molar-refractivity contribution < 1.29 is 13.9 Å². The summed E-state index contributed by atoms with van der Waals surface area (Å²) < 4.78 is 20.4. The summed E-state index contributed by atoms with van der Waals surface area (Å²) in [7, 11) is 3.12. The van der Waals surface area contributed by atoms with Crippen LogP contribution in [0.15, 0.2) is 29.3 Å². The molecule has 3 aromatic rings. The van der Waals surface area contributed by atoms with Crippen molar-refractivity contribution in [1.29, 1.82) is 0 Å². The van der Waals surface area contributed by atoms with Crippen LogP contribution in [-0.4, -0.2) is 57.4 Å². The number of anilines is 3. The van der Waals surface area contributed by atoms with E-state index in [9.17, 15) is 9.18 Å². The highest BCUT2D eigenvalue weighted by molar-refractivity contribution is 7.21. The molecule has 1 aliphatic rings. The molecule has 4 rings (SSSR count). The number of hydrogen-bond donors (Lipinski definition) is 3. The molecule has 0 unspecified atom stereocenters. The number of ether oxygens (including phenoxy) is 1. The molecule has 1 saturated heterocycles. The first-order chi connectivity index (χ1) is 16.7. The smallest absolute Gasteiger partial charge is 0.274 e. The molecule has 0 aliphatic carbocycles. The predicted molar refractivity (Wildman–Crippen MR) is 144 cm³/mol. The molecule has 1 aromatic heterocycles. The molecule has 0 atom stereocenters. The Morgan fingerprint density at radius 1 is 1.31 bits per heavy atom. The summed E-state index contributed by atoms with van der Waals surface area (Å²) in [5, 5.41) is 6.56. The molecule has 1 aliphatic heterocycles. The third kappa shape index (κ3) is 6.46. The number of hydrogen-bond acceptors (Lipinski definition) is 8. The summed E-state index contributed by atoms with van der Waals surface area (Å²) in [6.45, 7) is 10.0. The van der Waals surface area contributed by atoms with E-state index in [0.717, 1.165) is 42.5 Å². The van der Waals surface area contributed by atoms with Gasteiger partial charge in [-0.2, -0.15) is 0 Å². The SMILES string of the molecule is CC(C)C.CN=Cc1cc(NC(=O)c2ccc(N3CCNCC3)c3sc(OC)nc23)cc(F)c1N. The molecule has 188 valence electrons. The third-order valence-electron chi connectivity index (χ3n) is 5.07. The zero-order chi connectivity index (χ0) is 25.5. The number of benzene rings is 2. The Kier molecular flexibility index (Phi) is 9.00. The van der Waals surface area contributed by atoms with E-state index in [1.54, 1.807) is 26.3 Å². The number of methoxy groups -OCH3 is 1. The summed E-state index contributed by atoms with van der Waals surface area (Å²) in [6.07, 6.45) is 1.44. The summed E-state index contributed by atoms with van der Waals surface area (Å²) in [5.41, 5.74) is 8.38. The average Bonchev–Trinajstić information content (AvgIpc) is 3.26. The molecule has 0 bridgehead atoms. The monoisotopic (exact) mass is 500 g/mol. The first kappa shape index (κ1) is 26.4. The van der Waals surface area contributed by atoms with Crippen LogP contribution in [0.5, 0.6) is 5.19 Å². The molecule has 0 saturated carbocycles. The van der Waals surface area contributed by atoms with E-state index in [-0.39, 0.29) is 11.4 Å². The van der Waals surface area contributed by atoms with Crippen molar-refractivity contribution >= 4 is 50.7 Å². The number of piperazine rings is 1. The lowest BCUT2D eigenvalue weighted by molar-refractivity contribution is 0.102. The fraction of sp³-hybridized carbons (Fsp3) is 0.400. The standard InChI is InChI=1S/C21H23FN6O2S.C4H10/c1-24-11-12-9-13(10-15(22)17(12)23)26-20(29)14-3-4-16(28-7-5-25-6-8-28)19-18(14)27-21(30-2)31-19;1-4(2)3/h3-4,9-11,25H,5-8,23H2,1-2H3,(H,26,29);4H,1-3H3. The lowest BCUT2D eigenvalue weighted by Crippen LogP contribution is -2.43. The number of thiazole rings is 1. The number of nitrogens with one attached hydrogen (secondary N) is 2. The quantitative estimate of drug-likeness (QED) is 0.354. The molecule has 8 nitrogen and oxygen atoms in total. The molecule has 0 spiro atoms. The number of nitrogens with two attached hydrogens (primary N) is 1. The van der Waals surface area contributed by atoms with Gasteiger partial charge >= 0.3 is 0 Å². The molecular formula is C25H33FN6O2S. The number of carbonyl (C=O) groups is 1. The van der Waals surface area contributed by atoms with Gasteiger partial charge in [0.1, 0.15) is 11.3 Å². The summed E-state index contributed by atoms with van der Waals surface area (Å²) in [6, 6.07) is 6.45. The minimum Gasteiger partial charge on any atom is -0.473 e. The fourth-order valence-electron chi connectivity index (χ4n) is 3.55. The number of fused-ring (bicyclic) bond motifs is 1. The number of aromatic nitrogens is 1. The van der Waals surface area contributed by atoms with Crippen molar-refractivity contribution in [3.05, 3.63) is 41.2 Å². The van der Waals surface area contributed by atoms with E-state index in [2.05, 4.69) is 46.3 Å². The summed E-state index contributed by atoms with van der Waals surface area (Å²) in [4.78, 5) is 23.7. The van der Waals surface area contributed by atoms with Gasteiger partial charge in [-0.3, -0.25) is 9.79 Å². The maximum atomic E-state index is 14.2. The molecule has 35 heavy (non-hydrogen) atoms. The molecule has 0 radical (unpaired) electrons. The van der Waals surface area contributed by atoms with Crippen molar-refractivity contribution in [2.75, 3.05) is 56.3 Å². The molecular weight excluding hydrogens is 467 g/mol. The van der Waals surface area contributed by atoms with Gasteiger partial charge in [-0.15, -0.1) is 0 Å². The molecule has 1 fully saturated rings. The van der Waals surface area contributed by atoms with Crippen LogP contribution in [0.3, 0.4) is 0 Å². The highest BCUT2D eigenvalue weighted by Crippen LogP contribution is 2.37. The van der Waals surface area contributed by atoms with Gasteiger partial charge in [0.25, 0.3) is 11.1 Å². The average molecular weight is 501 g/mol. The normalized spacial score (nSPS) is 13.7. The van der Waals surface area contributed by atoms with Crippen molar-refractivity contribution in [1.82, 2.24) is 10.3 Å². The lowest BCUT2D eigenvalue weighted by Gasteiger charge is -2.29.